The second-order valence-corrected chi connectivity index (χ2v) is 5.76. The maximum Gasteiger partial charge on any atom is 0.416 e. The molecule has 0 bridgehead atoms. The molecule has 0 aliphatic carbocycles. The van der Waals surface area contributed by atoms with Gasteiger partial charge in [-0.3, -0.25) is 15.5 Å². The molecule has 1 N–H and O–H groups in total. The van der Waals surface area contributed by atoms with Crippen LogP contribution in [0.1, 0.15) is 18.1 Å². The smallest absolute Gasteiger partial charge is 0.271 e. The van der Waals surface area contributed by atoms with E-state index in [1.807, 2.05) is 0 Å². The fourth-order valence-electron chi connectivity index (χ4n) is 1.94. The molecule has 2 aromatic rings. The van der Waals surface area contributed by atoms with Gasteiger partial charge in [0.15, 0.2) is 0 Å². The van der Waals surface area contributed by atoms with Gasteiger partial charge in [-0.2, -0.15) is 18.3 Å². The summed E-state index contributed by atoms with van der Waals surface area (Å²) >= 11 is 11.8. The Hall–Kier alpha value is -2.32. The zero-order valence-electron chi connectivity index (χ0n) is 12.6. The van der Waals surface area contributed by atoms with Gasteiger partial charge in [0.05, 0.1) is 21.2 Å². The van der Waals surface area contributed by atoms with Crippen LogP contribution in [0.15, 0.2) is 41.5 Å². The molecule has 0 aromatic heterocycles. The van der Waals surface area contributed by atoms with Crippen LogP contribution in [0.2, 0.25) is 10.0 Å². The molecule has 0 heterocycles. The van der Waals surface area contributed by atoms with Crippen molar-refractivity contribution in [2.24, 2.45) is 5.10 Å². The third kappa shape index (κ3) is 4.61. The molecule has 0 spiro atoms. The summed E-state index contributed by atoms with van der Waals surface area (Å²) in [6.07, 6.45) is -4.68. The zero-order chi connectivity index (χ0) is 18.8. The largest absolute Gasteiger partial charge is 0.416 e. The van der Waals surface area contributed by atoms with E-state index >= 15 is 0 Å². The molecule has 2 aromatic carbocycles. The minimum absolute atomic E-state index is 0.178. The average molecular weight is 392 g/mol. The van der Waals surface area contributed by atoms with Gasteiger partial charge < -0.3 is 0 Å². The number of alkyl halides is 3. The van der Waals surface area contributed by atoms with Crippen LogP contribution in [-0.4, -0.2) is 10.6 Å². The number of nitrogens with zero attached hydrogens (tertiary/aromatic N) is 2. The summed E-state index contributed by atoms with van der Waals surface area (Å²) in [5.41, 5.74) is 1.25. The Labute approximate surface area is 150 Å². The fraction of sp³-hybridized carbons (Fsp3) is 0.133. The normalized spacial score (nSPS) is 12.2. The SMILES string of the molecule is C/C(=N/Nc1ccc(C(F)(F)F)cc1[N+](=O)[O-])c1ccc(Cl)cc1Cl. The highest BCUT2D eigenvalue weighted by Gasteiger charge is 2.33. The van der Waals surface area contributed by atoms with E-state index in [-0.39, 0.29) is 5.69 Å². The molecule has 0 saturated heterocycles. The fourth-order valence-corrected chi connectivity index (χ4v) is 2.49. The summed E-state index contributed by atoms with van der Waals surface area (Å²) in [5.74, 6) is 0. The number of hydrogen-bond donors (Lipinski definition) is 1. The Kier molecular flexibility index (Phi) is 5.54. The van der Waals surface area contributed by atoms with Crippen LogP contribution in [-0.2, 0) is 6.18 Å². The maximum atomic E-state index is 12.7. The van der Waals surface area contributed by atoms with Crippen LogP contribution < -0.4 is 5.43 Å². The van der Waals surface area contributed by atoms with Crippen LogP contribution >= 0.6 is 23.2 Å². The molecule has 25 heavy (non-hydrogen) atoms. The Bertz CT molecular complexity index is 854. The van der Waals surface area contributed by atoms with Crippen molar-refractivity contribution in [3.8, 4) is 0 Å². The molecule has 2 rings (SSSR count). The second kappa shape index (κ2) is 7.28. The summed E-state index contributed by atoms with van der Waals surface area (Å²) in [6, 6.07) is 6.81. The van der Waals surface area contributed by atoms with E-state index in [0.717, 1.165) is 12.1 Å². The van der Waals surface area contributed by atoms with Gasteiger partial charge in [0.1, 0.15) is 5.69 Å². The Morgan fingerprint density at radius 2 is 1.88 bits per heavy atom. The molecule has 0 atom stereocenters. The molecular formula is C15H10Cl2F3N3O2. The van der Waals surface area contributed by atoms with E-state index in [4.69, 9.17) is 23.2 Å². The lowest BCUT2D eigenvalue weighted by molar-refractivity contribution is -0.384. The summed E-state index contributed by atoms with van der Waals surface area (Å²) in [6.45, 7) is 1.58. The van der Waals surface area contributed by atoms with E-state index in [1.165, 1.54) is 6.07 Å². The molecule has 0 aliphatic rings. The first-order chi connectivity index (χ1) is 11.6. The van der Waals surface area contributed by atoms with Gasteiger partial charge in [-0.25, -0.2) is 0 Å². The van der Waals surface area contributed by atoms with Crippen LogP contribution in [0.3, 0.4) is 0 Å². The first kappa shape index (κ1) is 19.0. The van der Waals surface area contributed by atoms with Crippen molar-refractivity contribution in [2.75, 3.05) is 5.43 Å². The topological polar surface area (TPSA) is 67.5 Å². The van der Waals surface area contributed by atoms with E-state index in [1.54, 1.807) is 19.1 Å². The first-order valence-electron chi connectivity index (χ1n) is 6.71. The lowest BCUT2D eigenvalue weighted by Crippen LogP contribution is -2.07. The number of anilines is 1. The lowest BCUT2D eigenvalue weighted by Gasteiger charge is -2.09. The van der Waals surface area contributed by atoms with Gasteiger partial charge >= 0.3 is 6.18 Å². The van der Waals surface area contributed by atoms with E-state index in [9.17, 15) is 23.3 Å². The van der Waals surface area contributed by atoms with Crippen molar-refractivity contribution in [2.45, 2.75) is 13.1 Å². The zero-order valence-corrected chi connectivity index (χ0v) is 14.1. The third-order valence-electron chi connectivity index (χ3n) is 3.19. The minimum atomic E-state index is -4.68. The number of hydrazone groups is 1. The Balaban J connectivity index is 2.34. The van der Waals surface area contributed by atoms with Crippen molar-refractivity contribution in [3.63, 3.8) is 0 Å². The highest BCUT2D eigenvalue weighted by Crippen LogP contribution is 2.35. The maximum absolute atomic E-state index is 12.7. The molecule has 0 aliphatic heterocycles. The second-order valence-electron chi connectivity index (χ2n) is 4.92. The van der Waals surface area contributed by atoms with Crippen molar-refractivity contribution < 1.29 is 18.1 Å². The van der Waals surface area contributed by atoms with E-state index < -0.39 is 22.4 Å². The van der Waals surface area contributed by atoms with Crippen LogP contribution in [0.4, 0.5) is 24.5 Å². The number of rotatable bonds is 4. The molecular weight excluding hydrogens is 382 g/mol. The van der Waals surface area contributed by atoms with Gasteiger partial charge in [-0.05, 0) is 31.2 Å². The van der Waals surface area contributed by atoms with Crippen molar-refractivity contribution >= 4 is 40.3 Å². The minimum Gasteiger partial charge on any atom is -0.271 e. The number of benzene rings is 2. The summed E-state index contributed by atoms with van der Waals surface area (Å²) in [5, 5.41) is 15.7. The van der Waals surface area contributed by atoms with Gasteiger partial charge in [0, 0.05) is 16.7 Å². The van der Waals surface area contributed by atoms with Crippen molar-refractivity contribution in [3.05, 3.63) is 67.7 Å². The molecule has 0 amide bonds. The standard InChI is InChI=1S/C15H10Cl2F3N3O2/c1-8(11-4-3-10(16)7-12(11)17)21-22-13-5-2-9(15(18,19)20)6-14(13)23(24)25/h2-7,22H,1H3/b21-8-. The predicted molar refractivity (Wildman–Crippen MR) is 90.4 cm³/mol. The van der Waals surface area contributed by atoms with E-state index in [2.05, 4.69) is 10.5 Å². The molecule has 0 saturated carbocycles. The third-order valence-corrected chi connectivity index (χ3v) is 3.73. The highest BCUT2D eigenvalue weighted by atomic mass is 35.5. The molecule has 0 unspecified atom stereocenters. The number of halogens is 5. The summed E-state index contributed by atoms with van der Waals surface area (Å²) in [4.78, 5) is 10.1. The number of nitro benzene ring substituents is 1. The number of nitro groups is 1. The average Bonchev–Trinajstić information content (AvgIpc) is 2.51. The Morgan fingerprint density at radius 1 is 1.20 bits per heavy atom. The lowest BCUT2D eigenvalue weighted by atomic mass is 10.1. The van der Waals surface area contributed by atoms with Crippen LogP contribution in [0, 0.1) is 10.1 Å². The van der Waals surface area contributed by atoms with Gasteiger partial charge in [0.2, 0.25) is 0 Å². The van der Waals surface area contributed by atoms with Crippen molar-refractivity contribution in [1.82, 2.24) is 0 Å². The molecule has 0 radical (unpaired) electrons. The van der Waals surface area contributed by atoms with Gasteiger partial charge in [0.25, 0.3) is 5.69 Å². The van der Waals surface area contributed by atoms with Gasteiger partial charge in [-0.15, -0.1) is 0 Å². The van der Waals surface area contributed by atoms with E-state index in [0.29, 0.717) is 27.4 Å². The van der Waals surface area contributed by atoms with Crippen LogP contribution in [0.25, 0.3) is 0 Å². The predicted octanol–water partition coefficient (Wildman–Crippen LogP) is 5.76. The quantitative estimate of drug-likeness (QED) is 0.409. The highest BCUT2D eigenvalue weighted by molar-refractivity contribution is 6.37. The van der Waals surface area contributed by atoms with Crippen molar-refractivity contribution in [1.29, 1.82) is 0 Å². The molecule has 132 valence electrons. The Morgan fingerprint density at radius 3 is 2.44 bits per heavy atom. The number of hydrogen-bond acceptors (Lipinski definition) is 4. The summed E-state index contributed by atoms with van der Waals surface area (Å²) in [7, 11) is 0. The monoisotopic (exact) mass is 391 g/mol. The number of nitrogens with one attached hydrogen (secondary N) is 1. The first-order valence-corrected chi connectivity index (χ1v) is 7.46. The molecule has 5 nitrogen and oxygen atoms in total. The summed E-state index contributed by atoms with van der Waals surface area (Å²) < 4.78 is 38.0. The van der Waals surface area contributed by atoms with Gasteiger partial charge in [-0.1, -0.05) is 29.3 Å². The molecule has 10 heteroatoms. The molecule has 0 fully saturated rings. The van der Waals surface area contributed by atoms with Crippen LogP contribution in [0.5, 0.6) is 0 Å².